The van der Waals surface area contributed by atoms with Crippen LogP contribution in [-0.4, -0.2) is 17.6 Å². The molecule has 0 radical (unpaired) electrons. The number of hydrogen-bond acceptors (Lipinski definition) is 3. The fourth-order valence-electron chi connectivity index (χ4n) is 1.65. The second-order valence-corrected chi connectivity index (χ2v) is 4.87. The van der Waals surface area contributed by atoms with Gasteiger partial charge in [0, 0.05) is 5.69 Å². The van der Waals surface area contributed by atoms with Crippen LogP contribution >= 0.6 is 11.6 Å². The number of benzene rings is 1. The number of rotatable bonds is 3. The molecule has 0 aliphatic carbocycles. The highest BCUT2D eigenvalue weighted by atomic mass is 35.5. The number of alkyl carbamates (subject to hydrolysis) is 1. The van der Waals surface area contributed by atoms with E-state index in [2.05, 4.69) is 22.1 Å². The van der Waals surface area contributed by atoms with Crippen LogP contribution in [0.15, 0.2) is 42.5 Å². The van der Waals surface area contributed by atoms with Crippen molar-refractivity contribution in [2.45, 2.75) is 13.5 Å². The van der Waals surface area contributed by atoms with E-state index in [1.807, 2.05) is 43.3 Å². The highest BCUT2D eigenvalue weighted by Crippen LogP contribution is 2.11. The molecule has 1 aromatic heterocycles. The number of amides is 1. The number of halogens is 1. The van der Waals surface area contributed by atoms with Crippen LogP contribution in [0.1, 0.15) is 16.8 Å². The summed E-state index contributed by atoms with van der Waals surface area (Å²) in [4.78, 5) is 15.6. The summed E-state index contributed by atoms with van der Waals surface area (Å²) in [6.45, 7) is 2.26. The molecule has 22 heavy (non-hydrogen) atoms. The van der Waals surface area contributed by atoms with Crippen molar-refractivity contribution in [3.8, 4) is 11.8 Å². The molecule has 0 saturated heterocycles. The van der Waals surface area contributed by atoms with E-state index in [0.29, 0.717) is 10.7 Å². The summed E-state index contributed by atoms with van der Waals surface area (Å²) in [5.74, 6) is 5.66. The van der Waals surface area contributed by atoms with Gasteiger partial charge < -0.3 is 10.1 Å². The van der Waals surface area contributed by atoms with Gasteiger partial charge in [-0.05, 0) is 24.6 Å². The molecular weight excluding hydrogens is 300 g/mol. The molecule has 2 aromatic rings. The van der Waals surface area contributed by atoms with Gasteiger partial charge in [0.25, 0.3) is 0 Å². The highest BCUT2D eigenvalue weighted by Gasteiger charge is 2.01. The molecule has 2 rings (SSSR count). The number of aromatic nitrogens is 1. The minimum Gasteiger partial charge on any atom is -0.445 e. The molecular formula is C17H15ClN2O2. The van der Waals surface area contributed by atoms with Crippen molar-refractivity contribution < 1.29 is 9.53 Å². The van der Waals surface area contributed by atoms with Crippen molar-refractivity contribution in [1.82, 2.24) is 10.3 Å². The van der Waals surface area contributed by atoms with Crippen LogP contribution in [0, 0.1) is 18.8 Å². The minimum atomic E-state index is -0.508. The molecule has 112 valence electrons. The summed E-state index contributed by atoms with van der Waals surface area (Å²) in [5.41, 5.74) is 2.39. The first-order valence-corrected chi connectivity index (χ1v) is 7.09. The summed E-state index contributed by atoms with van der Waals surface area (Å²) in [7, 11) is 0. The molecule has 0 aliphatic heterocycles. The SMILES string of the molecule is Cc1ccc(C#CCNC(=O)OCc2ccccc2)c(Cl)n1. The van der Waals surface area contributed by atoms with Gasteiger partial charge in [-0.1, -0.05) is 53.8 Å². The molecule has 1 N–H and O–H groups in total. The highest BCUT2D eigenvalue weighted by molar-refractivity contribution is 6.30. The number of hydrogen-bond donors (Lipinski definition) is 1. The minimum absolute atomic E-state index is 0.178. The maximum Gasteiger partial charge on any atom is 0.408 e. The zero-order chi connectivity index (χ0) is 15.8. The molecule has 4 nitrogen and oxygen atoms in total. The molecule has 0 unspecified atom stereocenters. The van der Waals surface area contributed by atoms with Gasteiger partial charge in [0.1, 0.15) is 11.8 Å². The number of pyridine rings is 1. The van der Waals surface area contributed by atoms with Gasteiger partial charge in [-0.25, -0.2) is 9.78 Å². The Balaban J connectivity index is 1.76. The quantitative estimate of drug-likeness (QED) is 0.698. The lowest BCUT2D eigenvalue weighted by atomic mass is 10.2. The first kappa shape index (κ1) is 15.9. The van der Waals surface area contributed by atoms with Crippen molar-refractivity contribution in [3.63, 3.8) is 0 Å². The number of ether oxygens (including phenoxy) is 1. The normalized spacial score (nSPS) is 9.55. The standard InChI is InChI=1S/C17H15ClN2O2/c1-13-9-10-15(16(18)20-13)8-5-11-19-17(21)22-12-14-6-3-2-4-7-14/h2-4,6-7,9-10H,11-12H2,1H3,(H,19,21). The van der Waals surface area contributed by atoms with Crippen molar-refractivity contribution in [3.05, 3.63) is 64.4 Å². The van der Waals surface area contributed by atoms with Crippen molar-refractivity contribution >= 4 is 17.7 Å². The fraction of sp³-hybridized carbons (Fsp3) is 0.176. The summed E-state index contributed by atoms with van der Waals surface area (Å²) < 4.78 is 5.06. The van der Waals surface area contributed by atoms with Gasteiger partial charge >= 0.3 is 6.09 Å². The molecule has 0 saturated carbocycles. The first-order chi connectivity index (χ1) is 10.6. The van der Waals surface area contributed by atoms with Crippen LogP contribution in [0.2, 0.25) is 5.15 Å². The lowest BCUT2D eigenvalue weighted by molar-refractivity contribution is 0.141. The van der Waals surface area contributed by atoms with E-state index in [0.717, 1.165) is 11.3 Å². The molecule has 0 atom stereocenters. The van der Waals surface area contributed by atoms with Crippen LogP contribution in [0.3, 0.4) is 0 Å². The predicted molar refractivity (Wildman–Crippen MR) is 85.5 cm³/mol. The predicted octanol–water partition coefficient (Wildman–Crippen LogP) is 3.32. The van der Waals surface area contributed by atoms with Crippen molar-refractivity contribution in [1.29, 1.82) is 0 Å². The van der Waals surface area contributed by atoms with Gasteiger partial charge in [0.2, 0.25) is 0 Å². The van der Waals surface area contributed by atoms with Gasteiger partial charge in [-0.15, -0.1) is 0 Å². The van der Waals surface area contributed by atoms with Gasteiger partial charge in [-0.3, -0.25) is 0 Å². The molecule has 0 aliphatic rings. The van der Waals surface area contributed by atoms with E-state index in [1.54, 1.807) is 6.07 Å². The Morgan fingerprint density at radius 1 is 1.27 bits per heavy atom. The number of nitrogens with zero attached hydrogens (tertiary/aromatic N) is 1. The van der Waals surface area contributed by atoms with Gasteiger partial charge in [-0.2, -0.15) is 0 Å². The number of aryl methyl sites for hydroxylation is 1. The molecule has 1 aromatic carbocycles. The Morgan fingerprint density at radius 3 is 2.77 bits per heavy atom. The zero-order valence-corrected chi connectivity index (χ0v) is 12.9. The summed E-state index contributed by atoms with van der Waals surface area (Å²) in [5, 5.41) is 2.92. The van der Waals surface area contributed by atoms with Crippen LogP contribution in [0.25, 0.3) is 0 Å². The maximum atomic E-state index is 11.5. The van der Waals surface area contributed by atoms with Gasteiger partial charge in [0.05, 0.1) is 12.1 Å². The van der Waals surface area contributed by atoms with E-state index in [-0.39, 0.29) is 13.2 Å². The average Bonchev–Trinajstić information content (AvgIpc) is 2.52. The molecule has 0 spiro atoms. The first-order valence-electron chi connectivity index (χ1n) is 6.72. The topological polar surface area (TPSA) is 51.2 Å². The van der Waals surface area contributed by atoms with E-state index in [4.69, 9.17) is 16.3 Å². The number of nitrogens with one attached hydrogen (secondary N) is 1. The second-order valence-electron chi connectivity index (χ2n) is 4.51. The van der Waals surface area contributed by atoms with E-state index in [9.17, 15) is 4.79 Å². The third kappa shape index (κ3) is 5.12. The Bertz CT molecular complexity index is 706. The largest absolute Gasteiger partial charge is 0.445 e. The number of carbonyl (C=O) groups excluding carboxylic acids is 1. The lowest BCUT2D eigenvalue weighted by Crippen LogP contribution is -2.24. The van der Waals surface area contributed by atoms with Crippen molar-refractivity contribution in [2.24, 2.45) is 0 Å². The Hall–Kier alpha value is -2.51. The third-order valence-electron chi connectivity index (χ3n) is 2.74. The zero-order valence-electron chi connectivity index (χ0n) is 12.1. The van der Waals surface area contributed by atoms with E-state index < -0.39 is 6.09 Å². The van der Waals surface area contributed by atoms with Crippen LogP contribution in [0.5, 0.6) is 0 Å². The van der Waals surface area contributed by atoms with Crippen molar-refractivity contribution in [2.75, 3.05) is 6.54 Å². The van der Waals surface area contributed by atoms with Crippen LogP contribution in [-0.2, 0) is 11.3 Å². The molecule has 5 heteroatoms. The number of carbonyl (C=O) groups is 1. The Kier molecular flexibility index (Phi) is 5.81. The maximum absolute atomic E-state index is 11.5. The molecule has 0 bridgehead atoms. The summed E-state index contributed by atoms with van der Waals surface area (Å²) >= 11 is 5.96. The lowest BCUT2D eigenvalue weighted by Gasteiger charge is -2.04. The molecule has 0 fully saturated rings. The van der Waals surface area contributed by atoms with Gasteiger partial charge in [0.15, 0.2) is 0 Å². The van der Waals surface area contributed by atoms with Crippen LogP contribution in [0.4, 0.5) is 4.79 Å². The Labute approximate surface area is 134 Å². The fourth-order valence-corrected chi connectivity index (χ4v) is 1.89. The summed E-state index contributed by atoms with van der Waals surface area (Å²) in [6, 6.07) is 13.1. The second kappa shape index (κ2) is 8.06. The van der Waals surface area contributed by atoms with Crippen LogP contribution < -0.4 is 5.32 Å². The third-order valence-corrected chi connectivity index (χ3v) is 3.03. The summed E-state index contributed by atoms with van der Waals surface area (Å²) in [6.07, 6.45) is -0.508. The monoisotopic (exact) mass is 314 g/mol. The molecule has 1 amide bonds. The smallest absolute Gasteiger partial charge is 0.408 e. The van der Waals surface area contributed by atoms with E-state index in [1.165, 1.54) is 0 Å². The van der Waals surface area contributed by atoms with E-state index >= 15 is 0 Å². The molecule has 1 heterocycles. The Morgan fingerprint density at radius 2 is 2.05 bits per heavy atom. The average molecular weight is 315 g/mol.